The highest BCUT2D eigenvalue weighted by Gasteiger charge is 2.32. The van der Waals surface area contributed by atoms with Gasteiger partial charge in [0.2, 0.25) is 0 Å². The summed E-state index contributed by atoms with van der Waals surface area (Å²) >= 11 is 0. The van der Waals surface area contributed by atoms with E-state index in [1.54, 1.807) is 42.6 Å². The third-order valence-electron chi connectivity index (χ3n) is 4.07. The SMILES string of the molecule is COC(=O)C1=C(C(=O)OC)N(c2ccc(-c3ncccc3O)cc2)COC1. The monoisotopic (exact) mass is 370 g/mol. The van der Waals surface area contributed by atoms with Crippen LogP contribution in [0.15, 0.2) is 53.9 Å². The molecule has 8 nitrogen and oxygen atoms in total. The van der Waals surface area contributed by atoms with E-state index >= 15 is 0 Å². The van der Waals surface area contributed by atoms with Gasteiger partial charge in [-0.25, -0.2) is 9.59 Å². The predicted molar refractivity (Wildman–Crippen MR) is 95.7 cm³/mol. The summed E-state index contributed by atoms with van der Waals surface area (Å²) in [7, 11) is 2.47. The standard InChI is InChI=1S/C19H18N2O6/c1-25-18(23)14-10-27-11-21(17(14)19(24)26-2)13-7-5-12(6-8-13)16-15(22)4-3-9-20-16/h3-9,22H,10-11H2,1-2H3. The number of carbonyl (C=O) groups excluding carboxylic acids is 2. The number of hydrogen-bond acceptors (Lipinski definition) is 8. The quantitative estimate of drug-likeness (QED) is 0.815. The van der Waals surface area contributed by atoms with Gasteiger partial charge in [0.1, 0.15) is 23.9 Å². The number of anilines is 1. The van der Waals surface area contributed by atoms with Crippen molar-refractivity contribution in [3.05, 3.63) is 53.9 Å². The van der Waals surface area contributed by atoms with Gasteiger partial charge in [-0.15, -0.1) is 0 Å². The van der Waals surface area contributed by atoms with E-state index in [1.807, 2.05) is 0 Å². The van der Waals surface area contributed by atoms with Crippen LogP contribution in [0.1, 0.15) is 0 Å². The number of ether oxygens (including phenoxy) is 3. The molecule has 27 heavy (non-hydrogen) atoms. The maximum atomic E-state index is 12.3. The number of methoxy groups -OCH3 is 2. The molecule has 1 N–H and O–H groups in total. The Labute approximate surface area is 155 Å². The van der Waals surface area contributed by atoms with Crippen LogP contribution in [0.3, 0.4) is 0 Å². The Morgan fingerprint density at radius 3 is 2.44 bits per heavy atom. The molecular weight excluding hydrogens is 352 g/mol. The Kier molecular flexibility index (Phi) is 5.37. The molecule has 0 atom stereocenters. The van der Waals surface area contributed by atoms with Crippen molar-refractivity contribution in [1.82, 2.24) is 4.98 Å². The van der Waals surface area contributed by atoms with Gasteiger partial charge in [0.15, 0.2) is 0 Å². The molecule has 1 aliphatic rings. The molecule has 1 aromatic heterocycles. The summed E-state index contributed by atoms with van der Waals surface area (Å²) < 4.78 is 15.0. The first kappa shape index (κ1) is 18.4. The molecule has 0 saturated carbocycles. The Morgan fingerprint density at radius 1 is 1.11 bits per heavy atom. The number of aromatic hydroxyl groups is 1. The molecule has 1 aromatic carbocycles. The molecule has 140 valence electrons. The van der Waals surface area contributed by atoms with Gasteiger partial charge in [0.05, 0.1) is 26.4 Å². The second kappa shape index (κ2) is 7.88. The fraction of sp³-hybridized carbons (Fsp3) is 0.211. The van der Waals surface area contributed by atoms with Crippen LogP contribution in [0.25, 0.3) is 11.3 Å². The zero-order valence-electron chi connectivity index (χ0n) is 14.8. The molecule has 0 fully saturated rings. The lowest BCUT2D eigenvalue weighted by Gasteiger charge is -2.31. The Morgan fingerprint density at radius 2 is 1.81 bits per heavy atom. The van der Waals surface area contributed by atoms with Crippen LogP contribution in [0, 0.1) is 0 Å². The van der Waals surface area contributed by atoms with Gasteiger partial charge in [-0.2, -0.15) is 0 Å². The van der Waals surface area contributed by atoms with Gasteiger partial charge in [-0.3, -0.25) is 4.98 Å². The normalized spacial score (nSPS) is 14.1. The van der Waals surface area contributed by atoms with E-state index < -0.39 is 11.9 Å². The summed E-state index contributed by atoms with van der Waals surface area (Å²) in [5.41, 5.74) is 1.91. The van der Waals surface area contributed by atoms with Gasteiger partial charge >= 0.3 is 11.9 Å². The van der Waals surface area contributed by atoms with E-state index in [1.165, 1.54) is 19.1 Å². The minimum atomic E-state index is -0.662. The van der Waals surface area contributed by atoms with Crippen LogP contribution in [0.4, 0.5) is 5.69 Å². The molecule has 2 heterocycles. The number of benzene rings is 1. The van der Waals surface area contributed by atoms with Crippen molar-refractivity contribution in [2.75, 3.05) is 32.5 Å². The molecule has 0 amide bonds. The largest absolute Gasteiger partial charge is 0.506 e. The van der Waals surface area contributed by atoms with E-state index in [2.05, 4.69) is 4.98 Å². The van der Waals surface area contributed by atoms with E-state index in [0.29, 0.717) is 16.9 Å². The van der Waals surface area contributed by atoms with Crippen LogP contribution in [0.2, 0.25) is 0 Å². The topological polar surface area (TPSA) is 98.2 Å². The van der Waals surface area contributed by atoms with Crippen molar-refractivity contribution in [3.63, 3.8) is 0 Å². The zero-order chi connectivity index (χ0) is 19.4. The molecule has 3 rings (SSSR count). The minimum Gasteiger partial charge on any atom is -0.506 e. The smallest absolute Gasteiger partial charge is 0.355 e. The fourth-order valence-electron chi connectivity index (χ4n) is 2.77. The van der Waals surface area contributed by atoms with Crippen molar-refractivity contribution in [1.29, 1.82) is 0 Å². The number of esters is 2. The number of hydrogen-bond donors (Lipinski definition) is 1. The van der Waals surface area contributed by atoms with Crippen LogP contribution < -0.4 is 4.90 Å². The lowest BCUT2D eigenvalue weighted by Crippen LogP contribution is -2.38. The lowest BCUT2D eigenvalue weighted by molar-refractivity contribution is -0.140. The van der Waals surface area contributed by atoms with E-state index in [4.69, 9.17) is 14.2 Å². The minimum absolute atomic E-state index is 0.0481. The molecule has 0 bridgehead atoms. The Bertz CT molecular complexity index is 891. The van der Waals surface area contributed by atoms with E-state index in [-0.39, 0.29) is 30.4 Å². The maximum absolute atomic E-state index is 12.3. The van der Waals surface area contributed by atoms with Gasteiger partial charge in [-0.05, 0) is 24.3 Å². The highest BCUT2D eigenvalue weighted by molar-refractivity contribution is 6.03. The van der Waals surface area contributed by atoms with Gasteiger partial charge in [0, 0.05) is 17.4 Å². The second-order valence-electron chi connectivity index (χ2n) is 5.63. The molecule has 0 unspecified atom stereocenters. The molecule has 0 saturated heterocycles. The molecule has 0 spiro atoms. The molecule has 2 aromatic rings. The van der Waals surface area contributed by atoms with E-state index in [9.17, 15) is 14.7 Å². The molecular formula is C19H18N2O6. The summed E-state index contributed by atoms with van der Waals surface area (Å²) in [4.78, 5) is 30.0. The third-order valence-corrected chi connectivity index (χ3v) is 4.07. The number of pyridine rings is 1. The number of rotatable bonds is 4. The van der Waals surface area contributed by atoms with Gasteiger partial charge in [0.25, 0.3) is 0 Å². The van der Waals surface area contributed by atoms with Gasteiger partial charge in [-0.1, -0.05) is 12.1 Å². The average molecular weight is 370 g/mol. The highest BCUT2D eigenvalue weighted by Crippen LogP contribution is 2.31. The predicted octanol–water partition coefficient (Wildman–Crippen LogP) is 1.85. The lowest BCUT2D eigenvalue weighted by atomic mass is 10.1. The van der Waals surface area contributed by atoms with Crippen molar-refractivity contribution in [2.45, 2.75) is 0 Å². The molecule has 0 radical (unpaired) electrons. The van der Waals surface area contributed by atoms with Gasteiger partial charge < -0.3 is 24.2 Å². The Balaban J connectivity index is 2.00. The van der Waals surface area contributed by atoms with Crippen molar-refractivity contribution in [2.24, 2.45) is 0 Å². The second-order valence-corrected chi connectivity index (χ2v) is 5.63. The van der Waals surface area contributed by atoms with Crippen molar-refractivity contribution in [3.8, 4) is 17.0 Å². The molecule has 8 heteroatoms. The van der Waals surface area contributed by atoms with Crippen molar-refractivity contribution < 1.29 is 28.9 Å². The number of carbonyl (C=O) groups is 2. The first-order valence-electron chi connectivity index (χ1n) is 8.06. The molecule has 1 aliphatic heterocycles. The first-order chi connectivity index (χ1) is 13.1. The van der Waals surface area contributed by atoms with Crippen LogP contribution in [-0.2, 0) is 23.8 Å². The third kappa shape index (κ3) is 3.61. The highest BCUT2D eigenvalue weighted by atomic mass is 16.5. The van der Waals surface area contributed by atoms with E-state index in [0.717, 1.165) is 0 Å². The van der Waals surface area contributed by atoms with Crippen LogP contribution in [0.5, 0.6) is 5.75 Å². The number of nitrogens with zero attached hydrogens (tertiary/aromatic N) is 2. The fourth-order valence-corrected chi connectivity index (χ4v) is 2.77. The first-order valence-corrected chi connectivity index (χ1v) is 8.06. The van der Waals surface area contributed by atoms with Crippen LogP contribution in [-0.4, -0.2) is 49.6 Å². The van der Waals surface area contributed by atoms with Crippen LogP contribution >= 0.6 is 0 Å². The summed E-state index contributed by atoms with van der Waals surface area (Å²) in [6.45, 7) is 0.0204. The summed E-state index contributed by atoms with van der Waals surface area (Å²) in [5, 5.41) is 9.94. The summed E-state index contributed by atoms with van der Waals surface area (Å²) in [6, 6.07) is 10.2. The summed E-state index contributed by atoms with van der Waals surface area (Å²) in [5.74, 6) is -1.25. The average Bonchev–Trinajstić information content (AvgIpc) is 2.72. The zero-order valence-corrected chi connectivity index (χ0v) is 14.8. The Hall–Kier alpha value is -3.39. The molecule has 0 aliphatic carbocycles. The van der Waals surface area contributed by atoms with Crippen molar-refractivity contribution >= 4 is 17.6 Å². The maximum Gasteiger partial charge on any atom is 0.355 e. The summed E-state index contributed by atoms with van der Waals surface area (Å²) in [6.07, 6.45) is 1.59. The number of aromatic nitrogens is 1.